The van der Waals surface area contributed by atoms with E-state index < -0.39 is 10.0 Å². The Bertz CT molecular complexity index is 710. The van der Waals surface area contributed by atoms with Crippen molar-refractivity contribution in [2.24, 2.45) is 11.8 Å². The molecule has 0 spiro atoms. The van der Waals surface area contributed by atoms with Crippen molar-refractivity contribution in [1.29, 1.82) is 0 Å². The van der Waals surface area contributed by atoms with Gasteiger partial charge in [0, 0.05) is 32.1 Å². The fraction of sp³-hybridized carbons (Fsp3) is 0.765. The zero-order valence-corrected chi connectivity index (χ0v) is 16.0. The van der Waals surface area contributed by atoms with Gasteiger partial charge in [0.1, 0.15) is 10.6 Å². The summed E-state index contributed by atoms with van der Waals surface area (Å²) in [7, 11) is -3.58. The third-order valence-electron chi connectivity index (χ3n) is 5.58. The van der Waals surface area contributed by atoms with Crippen molar-refractivity contribution in [2.75, 3.05) is 26.2 Å². The molecule has 7 nitrogen and oxygen atoms in total. The Labute approximate surface area is 149 Å². The molecular formula is C17H27N3O4S. The van der Waals surface area contributed by atoms with Crippen LogP contribution in [0.25, 0.3) is 0 Å². The lowest BCUT2D eigenvalue weighted by molar-refractivity contribution is -0.136. The van der Waals surface area contributed by atoms with Crippen LogP contribution >= 0.6 is 0 Å². The molecule has 0 saturated carbocycles. The largest absolute Gasteiger partial charge is 0.360 e. The number of sulfonamides is 1. The van der Waals surface area contributed by atoms with Crippen LogP contribution in [-0.4, -0.2) is 54.9 Å². The number of carbonyl (C=O) groups excluding carboxylic acids is 1. The Morgan fingerprint density at radius 2 is 1.76 bits per heavy atom. The minimum atomic E-state index is -3.58. The average molecular weight is 369 g/mol. The van der Waals surface area contributed by atoms with Crippen LogP contribution in [0.4, 0.5) is 0 Å². The Hall–Kier alpha value is -1.41. The summed E-state index contributed by atoms with van der Waals surface area (Å²) in [4.78, 5) is 14.7. The molecule has 0 aliphatic carbocycles. The summed E-state index contributed by atoms with van der Waals surface area (Å²) in [5.74, 6) is 0.757. The molecule has 1 atom stereocenters. The predicted octanol–water partition coefficient (Wildman–Crippen LogP) is 1.95. The number of carbonyl (C=O) groups is 1. The van der Waals surface area contributed by atoms with E-state index >= 15 is 0 Å². The maximum Gasteiger partial charge on any atom is 0.248 e. The van der Waals surface area contributed by atoms with E-state index in [1.807, 2.05) is 11.8 Å². The standard InChI is InChI=1S/C17H27N3O4S/c1-12(17(21)19-8-4-5-9-19)15-6-10-20(11-7-15)25(22,23)16-13(2)18-24-14(16)3/h12,15H,4-11H2,1-3H3. The monoisotopic (exact) mass is 369 g/mol. The smallest absolute Gasteiger partial charge is 0.248 e. The van der Waals surface area contributed by atoms with Gasteiger partial charge in [0.15, 0.2) is 5.76 Å². The Morgan fingerprint density at radius 1 is 1.16 bits per heavy atom. The molecule has 3 rings (SSSR count). The summed E-state index contributed by atoms with van der Waals surface area (Å²) in [5.41, 5.74) is 0.400. The first-order valence-electron chi connectivity index (χ1n) is 9.04. The van der Waals surface area contributed by atoms with E-state index in [0.29, 0.717) is 37.4 Å². The normalized spacial score (nSPS) is 21.6. The van der Waals surface area contributed by atoms with Gasteiger partial charge in [0.25, 0.3) is 0 Å². The van der Waals surface area contributed by atoms with Crippen molar-refractivity contribution in [3.8, 4) is 0 Å². The number of aromatic nitrogens is 1. The number of amides is 1. The molecule has 0 N–H and O–H groups in total. The number of piperidine rings is 1. The molecule has 0 bridgehead atoms. The summed E-state index contributed by atoms with van der Waals surface area (Å²) in [6.07, 6.45) is 3.60. The van der Waals surface area contributed by atoms with Crippen molar-refractivity contribution < 1.29 is 17.7 Å². The molecule has 2 saturated heterocycles. The fourth-order valence-electron chi connectivity index (χ4n) is 4.02. The zero-order chi connectivity index (χ0) is 18.2. The highest BCUT2D eigenvalue weighted by Gasteiger charge is 2.37. The third kappa shape index (κ3) is 3.46. The second-order valence-electron chi connectivity index (χ2n) is 7.22. The molecular weight excluding hydrogens is 342 g/mol. The molecule has 0 aromatic carbocycles. The number of aryl methyl sites for hydroxylation is 2. The van der Waals surface area contributed by atoms with Crippen LogP contribution in [0.1, 0.15) is 44.1 Å². The molecule has 140 valence electrons. The topological polar surface area (TPSA) is 83.7 Å². The number of hydrogen-bond donors (Lipinski definition) is 0. The van der Waals surface area contributed by atoms with Gasteiger partial charge in [-0.1, -0.05) is 12.1 Å². The number of hydrogen-bond acceptors (Lipinski definition) is 5. The zero-order valence-electron chi connectivity index (χ0n) is 15.2. The highest BCUT2D eigenvalue weighted by Crippen LogP contribution is 2.31. The molecule has 2 fully saturated rings. The van der Waals surface area contributed by atoms with E-state index in [1.165, 1.54) is 4.31 Å². The minimum absolute atomic E-state index is 0.0398. The van der Waals surface area contributed by atoms with Crippen molar-refractivity contribution in [3.05, 3.63) is 11.5 Å². The average Bonchev–Trinajstić information content (AvgIpc) is 3.24. The quantitative estimate of drug-likeness (QED) is 0.810. The van der Waals surface area contributed by atoms with Gasteiger partial charge in [-0.15, -0.1) is 0 Å². The SMILES string of the molecule is Cc1noc(C)c1S(=O)(=O)N1CCC(C(C)C(=O)N2CCCC2)CC1. The van der Waals surface area contributed by atoms with Crippen LogP contribution in [0.3, 0.4) is 0 Å². The summed E-state index contributed by atoms with van der Waals surface area (Å²) in [6, 6.07) is 0. The molecule has 0 radical (unpaired) electrons. The molecule has 8 heteroatoms. The Balaban J connectivity index is 1.64. The summed E-state index contributed by atoms with van der Waals surface area (Å²) in [5, 5.41) is 3.76. The van der Waals surface area contributed by atoms with Gasteiger partial charge in [0.05, 0.1) is 0 Å². The number of nitrogens with zero attached hydrogens (tertiary/aromatic N) is 3. The van der Waals surface area contributed by atoms with E-state index in [0.717, 1.165) is 25.9 Å². The van der Waals surface area contributed by atoms with E-state index in [9.17, 15) is 13.2 Å². The van der Waals surface area contributed by atoms with Crippen LogP contribution < -0.4 is 0 Å². The van der Waals surface area contributed by atoms with Gasteiger partial charge >= 0.3 is 0 Å². The molecule has 25 heavy (non-hydrogen) atoms. The number of rotatable bonds is 4. The highest BCUT2D eigenvalue weighted by molar-refractivity contribution is 7.89. The van der Waals surface area contributed by atoms with Crippen molar-refractivity contribution in [2.45, 2.75) is 51.3 Å². The number of likely N-dealkylation sites (tertiary alicyclic amines) is 1. The van der Waals surface area contributed by atoms with Crippen LogP contribution in [0, 0.1) is 25.7 Å². The molecule has 2 aliphatic heterocycles. The second kappa shape index (κ2) is 7.07. The summed E-state index contributed by atoms with van der Waals surface area (Å²) in [6.45, 7) is 7.86. The van der Waals surface area contributed by atoms with Crippen LogP contribution in [0.2, 0.25) is 0 Å². The van der Waals surface area contributed by atoms with Crippen molar-refractivity contribution in [1.82, 2.24) is 14.4 Å². The third-order valence-corrected chi connectivity index (χ3v) is 7.72. The van der Waals surface area contributed by atoms with Gasteiger partial charge in [0.2, 0.25) is 15.9 Å². The van der Waals surface area contributed by atoms with Gasteiger partial charge in [-0.2, -0.15) is 4.31 Å². The Morgan fingerprint density at radius 3 is 2.28 bits per heavy atom. The summed E-state index contributed by atoms with van der Waals surface area (Å²) >= 11 is 0. The highest BCUT2D eigenvalue weighted by atomic mass is 32.2. The van der Waals surface area contributed by atoms with Gasteiger partial charge in [-0.25, -0.2) is 8.42 Å². The van der Waals surface area contributed by atoms with Crippen molar-refractivity contribution >= 4 is 15.9 Å². The summed E-state index contributed by atoms with van der Waals surface area (Å²) < 4.78 is 32.2. The molecule has 3 heterocycles. The predicted molar refractivity (Wildman–Crippen MR) is 92.4 cm³/mol. The van der Waals surface area contributed by atoms with E-state index in [1.54, 1.807) is 13.8 Å². The van der Waals surface area contributed by atoms with Gasteiger partial charge in [-0.3, -0.25) is 4.79 Å². The molecule has 2 aliphatic rings. The fourth-order valence-corrected chi connectivity index (χ4v) is 5.78. The van der Waals surface area contributed by atoms with Crippen LogP contribution in [0.5, 0.6) is 0 Å². The molecule has 1 amide bonds. The lowest BCUT2D eigenvalue weighted by Gasteiger charge is -2.34. The maximum absolute atomic E-state index is 12.9. The second-order valence-corrected chi connectivity index (χ2v) is 9.09. The van der Waals surface area contributed by atoms with Crippen LogP contribution in [0.15, 0.2) is 9.42 Å². The molecule has 1 unspecified atom stereocenters. The first-order chi connectivity index (χ1) is 11.8. The van der Waals surface area contributed by atoms with E-state index in [2.05, 4.69) is 5.16 Å². The Kier molecular flexibility index (Phi) is 5.20. The molecule has 1 aromatic heterocycles. The minimum Gasteiger partial charge on any atom is -0.360 e. The molecule has 1 aromatic rings. The first-order valence-corrected chi connectivity index (χ1v) is 10.5. The van der Waals surface area contributed by atoms with Crippen molar-refractivity contribution in [3.63, 3.8) is 0 Å². The van der Waals surface area contributed by atoms with E-state index in [-0.39, 0.29) is 22.6 Å². The van der Waals surface area contributed by atoms with Gasteiger partial charge < -0.3 is 9.42 Å². The lowest BCUT2D eigenvalue weighted by atomic mass is 9.85. The lowest BCUT2D eigenvalue weighted by Crippen LogP contribution is -2.43. The van der Waals surface area contributed by atoms with Gasteiger partial charge in [-0.05, 0) is 45.4 Å². The first kappa shape index (κ1) is 18.4. The van der Waals surface area contributed by atoms with E-state index in [4.69, 9.17) is 4.52 Å². The van der Waals surface area contributed by atoms with Crippen LogP contribution in [-0.2, 0) is 14.8 Å². The maximum atomic E-state index is 12.9.